The highest BCUT2D eigenvalue weighted by Crippen LogP contribution is 2.27. The zero-order chi connectivity index (χ0) is 21.1. The maximum Gasteiger partial charge on any atom is 0.453 e. The molecule has 0 unspecified atom stereocenters. The SMILES string of the molecule is Fc1ccccc1N1CCN(CCCNc2ccc3nnc(C(F)(F)F)n3n2)CC1. The lowest BCUT2D eigenvalue weighted by atomic mass is 10.2. The average Bonchev–Trinajstić information content (AvgIpc) is 3.16. The Morgan fingerprint density at radius 3 is 2.47 bits per heavy atom. The normalized spacial score (nSPS) is 15.7. The lowest BCUT2D eigenvalue weighted by Gasteiger charge is -2.36. The molecular formula is C19H21F4N7. The lowest BCUT2D eigenvalue weighted by Crippen LogP contribution is -2.47. The fourth-order valence-corrected chi connectivity index (χ4v) is 3.50. The van der Waals surface area contributed by atoms with E-state index in [2.05, 4.69) is 25.5 Å². The van der Waals surface area contributed by atoms with Crippen molar-refractivity contribution in [3.8, 4) is 0 Å². The molecule has 1 saturated heterocycles. The number of hydrogen-bond acceptors (Lipinski definition) is 6. The molecule has 160 valence electrons. The summed E-state index contributed by atoms with van der Waals surface area (Å²) in [4.78, 5) is 4.33. The van der Waals surface area contributed by atoms with Crippen LogP contribution in [0, 0.1) is 5.82 Å². The first-order valence-electron chi connectivity index (χ1n) is 9.67. The topological polar surface area (TPSA) is 61.6 Å². The molecule has 3 heterocycles. The summed E-state index contributed by atoms with van der Waals surface area (Å²) in [6.07, 6.45) is -3.82. The van der Waals surface area contributed by atoms with Gasteiger partial charge in [0, 0.05) is 32.7 Å². The maximum absolute atomic E-state index is 13.9. The van der Waals surface area contributed by atoms with Gasteiger partial charge in [-0.1, -0.05) is 12.1 Å². The van der Waals surface area contributed by atoms with Crippen molar-refractivity contribution in [1.82, 2.24) is 24.7 Å². The van der Waals surface area contributed by atoms with Crippen LogP contribution < -0.4 is 10.2 Å². The van der Waals surface area contributed by atoms with Crippen LogP contribution in [0.5, 0.6) is 0 Å². The molecule has 0 aliphatic carbocycles. The highest BCUT2D eigenvalue weighted by molar-refractivity contribution is 5.48. The van der Waals surface area contributed by atoms with Gasteiger partial charge in [0.25, 0.3) is 5.82 Å². The van der Waals surface area contributed by atoms with E-state index in [1.165, 1.54) is 12.1 Å². The second-order valence-corrected chi connectivity index (χ2v) is 7.07. The summed E-state index contributed by atoms with van der Waals surface area (Å²) in [5.41, 5.74) is 0.674. The van der Waals surface area contributed by atoms with Crippen molar-refractivity contribution >= 4 is 17.2 Å². The molecule has 0 bridgehead atoms. The predicted octanol–water partition coefficient (Wildman–Crippen LogP) is 2.91. The number of benzene rings is 1. The fourth-order valence-electron chi connectivity index (χ4n) is 3.50. The van der Waals surface area contributed by atoms with E-state index in [1.807, 2.05) is 11.0 Å². The minimum absolute atomic E-state index is 0.0422. The van der Waals surface area contributed by atoms with Gasteiger partial charge in [0.05, 0.1) is 5.69 Å². The summed E-state index contributed by atoms with van der Waals surface area (Å²) in [6.45, 7) is 4.56. The first kappa shape index (κ1) is 20.3. The van der Waals surface area contributed by atoms with Gasteiger partial charge in [-0.25, -0.2) is 4.39 Å². The van der Waals surface area contributed by atoms with Crippen molar-refractivity contribution < 1.29 is 17.6 Å². The van der Waals surface area contributed by atoms with Crippen LogP contribution in [0.1, 0.15) is 12.2 Å². The molecule has 1 aromatic carbocycles. The zero-order valence-electron chi connectivity index (χ0n) is 16.1. The van der Waals surface area contributed by atoms with Crippen LogP contribution in [-0.4, -0.2) is 64.0 Å². The third-order valence-corrected chi connectivity index (χ3v) is 5.04. The maximum atomic E-state index is 13.9. The summed E-state index contributed by atoms with van der Waals surface area (Å²) < 4.78 is 53.4. The van der Waals surface area contributed by atoms with E-state index in [1.54, 1.807) is 18.2 Å². The van der Waals surface area contributed by atoms with E-state index in [0.29, 0.717) is 22.6 Å². The lowest BCUT2D eigenvalue weighted by molar-refractivity contribution is -0.146. The number of anilines is 2. The van der Waals surface area contributed by atoms with Crippen LogP contribution in [0.2, 0.25) is 0 Å². The van der Waals surface area contributed by atoms with E-state index in [4.69, 9.17) is 0 Å². The highest BCUT2D eigenvalue weighted by Gasteiger charge is 2.37. The average molecular weight is 423 g/mol. The Bertz CT molecular complexity index is 996. The summed E-state index contributed by atoms with van der Waals surface area (Å²) in [6, 6.07) is 9.80. The number of nitrogens with zero attached hydrogens (tertiary/aromatic N) is 6. The van der Waals surface area contributed by atoms with Gasteiger partial charge in [0.1, 0.15) is 11.6 Å². The van der Waals surface area contributed by atoms with Crippen LogP contribution in [0.15, 0.2) is 36.4 Å². The summed E-state index contributed by atoms with van der Waals surface area (Å²) >= 11 is 0. The van der Waals surface area contributed by atoms with E-state index < -0.39 is 12.0 Å². The predicted molar refractivity (Wildman–Crippen MR) is 104 cm³/mol. The standard InChI is InChI=1S/C19H21F4N7/c20-14-4-1-2-5-15(14)29-12-10-28(11-13-29)9-3-8-24-16-6-7-17-25-26-18(19(21,22)23)30(17)27-16/h1-2,4-7H,3,8-13H2,(H,24,27). The number of halogens is 4. The number of alkyl halides is 3. The van der Waals surface area contributed by atoms with Crippen molar-refractivity contribution in [3.05, 3.63) is 48.0 Å². The van der Waals surface area contributed by atoms with Gasteiger partial charge < -0.3 is 10.2 Å². The number of hydrogen-bond donors (Lipinski definition) is 1. The van der Waals surface area contributed by atoms with Crippen molar-refractivity contribution in [2.45, 2.75) is 12.6 Å². The Kier molecular flexibility index (Phi) is 5.71. The van der Waals surface area contributed by atoms with Crippen LogP contribution in [0.3, 0.4) is 0 Å². The third-order valence-electron chi connectivity index (χ3n) is 5.04. The van der Waals surface area contributed by atoms with Crippen molar-refractivity contribution in [2.24, 2.45) is 0 Å². The molecule has 1 N–H and O–H groups in total. The third kappa shape index (κ3) is 4.45. The van der Waals surface area contributed by atoms with Gasteiger partial charge in [-0.05, 0) is 37.2 Å². The molecule has 3 aromatic rings. The van der Waals surface area contributed by atoms with Gasteiger partial charge in [0.15, 0.2) is 5.65 Å². The quantitative estimate of drug-likeness (QED) is 0.486. The molecule has 0 radical (unpaired) electrons. The van der Waals surface area contributed by atoms with Crippen LogP contribution in [-0.2, 0) is 6.18 Å². The minimum Gasteiger partial charge on any atom is -0.369 e. The Balaban J connectivity index is 1.25. The molecule has 1 aliphatic rings. The number of piperazine rings is 1. The summed E-state index contributed by atoms with van der Waals surface area (Å²) in [5, 5.41) is 13.6. The van der Waals surface area contributed by atoms with Gasteiger partial charge in [-0.2, -0.15) is 17.7 Å². The number of fused-ring (bicyclic) bond motifs is 1. The molecule has 1 fully saturated rings. The molecule has 0 saturated carbocycles. The van der Waals surface area contributed by atoms with Gasteiger partial charge in [-0.15, -0.1) is 15.3 Å². The van der Waals surface area contributed by atoms with Crippen molar-refractivity contribution in [3.63, 3.8) is 0 Å². The van der Waals surface area contributed by atoms with E-state index in [9.17, 15) is 17.6 Å². The largest absolute Gasteiger partial charge is 0.453 e. The number of para-hydroxylation sites is 1. The number of rotatable bonds is 6. The second kappa shape index (κ2) is 8.42. The Morgan fingerprint density at radius 2 is 1.73 bits per heavy atom. The van der Waals surface area contributed by atoms with Crippen molar-refractivity contribution in [2.75, 3.05) is 49.5 Å². The highest BCUT2D eigenvalue weighted by atomic mass is 19.4. The molecule has 0 atom stereocenters. The molecule has 4 rings (SSSR count). The molecular weight excluding hydrogens is 402 g/mol. The molecule has 0 amide bonds. The molecule has 1 aliphatic heterocycles. The number of nitrogens with one attached hydrogen (secondary N) is 1. The van der Waals surface area contributed by atoms with Crippen LogP contribution in [0.25, 0.3) is 5.65 Å². The Labute approximate surface area is 170 Å². The van der Waals surface area contributed by atoms with Gasteiger partial charge in [0.2, 0.25) is 0 Å². The summed E-state index contributed by atoms with van der Waals surface area (Å²) in [5.74, 6) is -1.02. The van der Waals surface area contributed by atoms with Crippen molar-refractivity contribution in [1.29, 1.82) is 0 Å². The second-order valence-electron chi connectivity index (χ2n) is 7.07. The van der Waals surface area contributed by atoms with Crippen LogP contribution in [0.4, 0.5) is 29.1 Å². The first-order valence-corrected chi connectivity index (χ1v) is 9.67. The fraction of sp³-hybridized carbons (Fsp3) is 0.421. The van der Waals surface area contributed by atoms with Gasteiger partial charge in [-0.3, -0.25) is 4.90 Å². The van der Waals surface area contributed by atoms with E-state index in [0.717, 1.165) is 39.1 Å². The number of aromatic nitrogens is 4. The molecule has 11 heteroatoms. The molecule has 0 spiro atoms. The smallest absolute Gasteiger partial charge is 0.369 e. The first-order chi connectivity index (χ1) is 14.4. The molecule has 7 nitrogen and oxygen atoms in total. The summed E-state index contributed by atoms with van der Waals surface area (Å²) in [7, 11) is 0. The van der Waals surface area contributed by atoms with Gasteiger partial charge >= 0.3 is 6.18 Å². The molecule has 30 heavy (non-hydrogen) atoms. The monoisotopic (exact) mass is 423 g/mol. The zero-order valence-corrected chi connectivity index (χ0v) is 16.1. The Morgan fingerprint density at radius 1 is 0.967 bits per heavy atom. The minimum atomic E-state index is -4.62. The van der Waals surface area contributed by atoms with E-state index in [-0.39, 0.29) is 11.5 Å². The molecule has 2 aromatic heterocycles. The van der Waals surface area contributed by atoms with Crippen LogP contribution >= 0.6 is 0 Å². The Hall–Kier alpha value is -2.95. The van der Waals surface area contributed by atoms with E-state index >= 15 is 0 Å².